The Morgan fingerprint density at radius 2 is 1.75 bits per heavy atom. The number of methoxy groups -OCH3 is 1. The largest absolute Gasteiger partial charge is 0.454 e. The van der Waals surface area contributed by atoms with Gasteiger partial charge in [-0.05, 0) is 36.8 Å². The third-order valence-electron chi connectivity index (χ3n) is 7.86. The summed E-state index contributed by atoms with van der Waals surface area (Å²) in [6, 6.07) is 16.0. The summed E-state index contributed by atoms with van der Waals surface area (Å²) in [5.41, 5.74) is 1.42. The van der Waals surface area contributed by atoms with Crippen molar-refractivity contribution < 1.29 is 38.5 Å². The lowest BCUT2D eigenvalue weighted by Crippen LogP contribution is -2.49. The zero-order chi connectivity index (χ0) is 31.3. The number of nitrogens with zero attached hydrogens (tertiary/aromatic N) is 1. The summed E-state index contributed by atoms with van der Waals surface area (Å²) in [6.45, 7) is 0.471. The number of esters is 1. The molecule has 2 aromatic carbocycles. The van der Waals surface area contributed by atoms with Crippen molar-refractivity contribution in [3.05, 3.63) is 83.9 Å². The Morgan fingerprint density at radius 1 is 1.05 bits per heavy atom. The van der Waals surface area contributed by atoms with E-state index in [1.54, 1.807) is 41.3 Å². The van der Waals surface area contributed by atoms with Crippen LogP contribution in [-0.4, -0.2) is 78.9 Å². The number of benzene rings is 2. The van der Waals surface area contributed by atoms with Crippen LogP contribution in [-0.2, 0) is 35.2 Å². The molecular formula is C33H41N3O8. The summed E-state index contributed by atoms with van der Waals surface area (Å²) in [6.07, 6.45) is 3.47. The summed E-state index contributed by atoms with van der Waals surface area (Å²) in [5, 5.41) is 15.3. The Kier molecular flexibility index (Phi) is 12.3. The molecule has 2 aliphatic heterocycles. The lowest BCUT2D eigenvalue weighted by molar-refractivity contribution is -0.155. The Hall–Kier alpha value is -4.22. The monoisotopic (exact) mass is 607 g/mol. The highest BCUT2D eigenvalue weighted by Crippen LogP contribution is 2.26. The number of aliphatic hydroxyl groups excluding tert-OH is 1. The molecule has 1 fully saturated rings. The van der Waals surface area contributed by atoms with Gasteiger partial charge < -0.3 is 34.9 Å². The number of rotatable bonds is 9. The molecule has 236 valence electrons. The Labute approximate surface area is 257 Å². The maximum atomic E-state index is 13.6. The summed E-state index contributed by atoms with van der Waals surface area (Å²) in [5.74, 6) is -1.99. The van der Waals surface area contributed by atoms with Gasteiger partial charge >= 0.3 is 12.1 Å². The van der Waals surface area contributed by atoms with Gasteiger partial charge in [-0.15, -0.1) is 0 Å². The van der Waals surface area contributed by atoms with Gasteiger partial charge in [0.2, 0.25) is 11.8 Å². The molecule has 0 bridgehead atoms. The van der Waals surface area contributed by atoms with E-state index in [9.17, 15) is 24.3 Å². The van der Waals surface area contributed by atoms with E-state index in [-0.39, 0.29) is 56.9 Å². The van der Waals surface area contributed by atoms with Gasteiger partial charge in [-0.25, -0.2) is 9.59 Å². The first kappa shape index (κ1) is 32.7. The van der Waals surface area contributed by atoms with Crippen molar-refractivity contribution in [2.24, 2.45) is 5.92 Å². The predicted octanol–water partition coefficient (Wildman–Crippen LogP) is 3.04. The second-order valence-electron chi connectivity index (χ2n) is 11.0. The number of hydrogen-bond acceptors (Lipinski definition) is 8. The molecule has 11 heteroatoms. The Morgan fingerprint density at radius 3 is 2.45 bits per heavy atom. The minimum atomic E-state index is -1.07. The summed E-state index contributed by atoms with van der Waals surface area (Å²) in [4.78, 5) is 54.8. The SMILES string of the molecule is COCC1NC(=O)C(CC(=O)N2CCCC2CO)CC=CCC(NC(=O)OCc2ccccc2)C(=O)OC1c1ccccc1. The van der Waals surface area contributed by atoms with Crippen molar-refractivity contribution in [1.82, 2.24) is 15.5 Å². The first-order chi connectivity index (χ1) is 21.4. The predicted molar refractivity (Wildman–Crippen MR) is 161 cm³/mol. The van der Waals surface area contributed by atoms with E-state index in [0.717, 1.165) is 18.4 Å². The topological polar surface area (TPSA) is 144 Å². The first-order valence-corrected chi connectivity index (χ1v) is 15.0. The van der Waals surface area contributed by atoms with Crippen LogP contribution in [0.25, 0.3) is 0 Å². The van der Waals surface area contributed by atoms with Gasteiger partial charge in [0, 0.05) is 20.1 Å². The minimum absolute atomic E-state index is 0.0189. The number of cyclic esters (lactones) is 1. The maximum Gasteiger partial charge on any atom is 0.408 e. The van der Waals surface area contributed by atoms with Crippen LogP contribution in [0.15, 0.2) is 72.8 Å². The summed E-state index contributed by atoms with van der Waals surface area (Å²) in [7, 11) is 1.48. The van der Waals surface area contributed by atoms with Crippen LogP contribution in [0, 0.1) is 5.92 Å². The van der Waals surface area contributed by atoms with Crippen LogP contribution in [0.1, 0.15) is 49.3 Å². The molecule has 3 N–H and O–H groups in total. The average molecular weight is 608 g/mol. The molecule has 0 aromatic heterocycles. The molecule has 5 unspecified atom stereocenters. The molecule has 2 aliphatic rings. The van der Waals surface area contributed by atoms with Gasteiger partial charge in [-0.3, -0.25) is 9.59 Å². The molecule has 2 heterocycles. The maximum absolute atomic E-state index is 13.6. The number of aliphatic hydroxyl groups is 1. The average Bonchev–Trinajstić information content (AvgIpc) is 3.53. The quantitative estimate of drug-likeness (QED) is 0.292. The first-order valence-electron chi connectivity index (χ1n) is 15.0. The van der Waals surface area contributed by atoms with Gasteiger partial charge in [0.1, 0.15) is 18.8 Å². The molecular weight excluding hydrogens is 566 g/mol. The summed E-state index contributed by atoms with van der Waals surface area (Å²) < 4.78 is 16.8. The lowest BCUT2D eigenvalue weighted by atomic mass is 9.96. The highest BCUT2D eigenvalue weighted by Gasteiger charge is 2.36. The second kappa shape index (κ2) is 16.6. The van der Waals surface area contributed by atoms with E-state index >= 15 is 0 Å². The number of amides is 3. The number of likely N-dealkylation sites (tertiary alicyclic amines) is 1. The van der Waals surface area contributed by atoms with Crippen molar-refractivity contribution in [2.45, 2.75) is 62.9 Å². The molecule has 0 aliphatic carbocycles. The van der Waals surface area contributed by atoms with Gasteiger partial charge in [-0.2, -0.15) is 0 Å². The van der Waals surface area contributed by atoms with Crippen LogP contribution >= 0.6 is 0 Å². The standard InChI is InChI=1S/C33H41N3O8/c1-42-22-28-30(24-13-6-3-7-14-24)44-32(40)27(35-33(41)43-21-23-11-4-2-5-12-23)17-9-8-15-25(31(39)34-28)19-29(38)36-18-10-16-26(36)20-37/h2-9,11-14,25-28,30,37H,10,15-22H2,1H3,(H,34,39)(H,35,41). The van der Waals surface area contributed by atoms with Crippen LogP contribution in [0.5, 0.6) is 0 Å². The van der Waals surface area contributed by atoms with Crippen LogP contribution < -0.4 is 10.6 Å². The van der Waals surface area contributed by atoms with E-state index in [4.69, 9.17) is 14.2 Å². The normalized spacial score (nSPS) is 24.4. The number of alkyl carbamates (subject to hydrolysis) is 1. The number of carbonyl (C=O) groups excluding carboxylic acids is 4. The van der Waals surface area contributed by atoms with Crippen LogP contribution in [0.2, 0.25) is 0 Å². The van der Waals surface area contributed by atoms with E-state index in [2.05, 4.69) is 10.6 Å². The highest BCUT2D eigenvalue weighted by molar-refractivity contribution is 5.86. The van der Waals surface area contributed by atoms with E-state index < -0.39 is 36.2 Å². The molecule has 5 atom stereocenters. The third-order valence-corrected chi connectivity index (χ3v) is 7.86. The fraction of sp³-hybridized carbons (Fsp3) is 0.455. The fourth-order valence-electron chi connectivity index (χ4n) is 5.50. The van der Waals surface area contributed by atoms with Crippen molar-refractivity contribution in [1.29, 1.82) is 0 Å². The summed E-state index contributed by atoms with van der Waals surface area (Å²) >= 11 is 0. The molecule has 11 nitrogen and oxygen atoms in total. The molecule has 1 saturated heterocycles. The molecule has 0 saturated carbocycles. The Balaban J connectivity index is 1.57. The number of nitrogens with one attached hydrogen (secondary N) is 2. The van der Waals surface area contributed by atoms with Crippen molar-refractivity contribution >= 4 is 23.9 Å². The molecule has 0 radical (unpaired) electrons. The second-order valence-corrected chi connectivity index (χ2v) is 11.0. The van der Waals surface area contributed by atoms with E-state index in [0.29, 0.717) is 12.1 Å². The number of ether oxygens (including phenoxy) is 3. The van der Waals surface area contributed by atoms with Crippen molar-refractivity contribution in [2.75, 3.05) is 26.9 Å². The zero-order valence-corrected chi connectivity index (χ0v) is 24.9. The zero-order valence-electron chi connectivity index (χ0n) is 24.9. The molecule has 44 heavy (non-hydrogen) atoms. The minimum Gasteiger partial charge on any atom is -0.454 e. The molecule has 4 rings (SSSR count). The van der Waals surface area contributed by atoms with Crippen LogP contribution in [0.3, 0.4) is 0 Å². The lowest BCUT2D eigenvalue weighted by Gasteiger charge is -2.31. The van der Waals surface area contributed by atoms with Gasteiger partial charge in [0.15, 0.2) is 0 Å². The Bertz CT molecular complexity index is 1270. The number of hydrogen-bond donors (Lipinski definition) is 3. The highest BCUT2D eigenvalue weighted by atomic mass is 16.6. The van der Waals surface area contributed by atoms with Crippen LogP contribution in [0.4, 0.5) is 4.79 Å². The smallest absolute Gasteiger partial charge is 0.408 e. The van der Waals surface area contributed by atoms with Crippen molar-refractivity contribution in [3.8, 4) is 0 Å². The van der Waals surface area contributed by atoms with E-state index in [1.165, 1.54) is 7.11 Å². The fourth-order valence-corrected chi connectivity index (χ4v) is 5.50. The van der Waals surface area contributed by atoms with Gasteiger partial charge in [-0.1, -0.05) is 72.8 Å². The van der Waals surface area contributed by atoms with E-state index in [1.807, 2.05) is 36.4 Å². The third kappa shape index (κ3) is 9.14. The molecule has 3 amide bonds. The van der Waals surface area contributed by atoms with Gasteiger partial charge in [0.05, 0.1) is 31.2 Å². The molecule has 0 spiro atoms. The van der Waals surface area contributed by atoms with Gasteiger partial charge in [0.25, 0.3) is 0 Å². The molecule has 2 aromatic rings. The van der Waals surface area contributed by atoms with Crippen molar-refractivity contribution in [3.63, 3.8) is 0 Å². The number of carbonyl (C=O) groups is 4. The number of allylic oxidation sites excluding steroid dienone is 1.